The normalized spacial score (nSPS) is 16.5. The van der Waals surface area contributed by atoms with Crippen LogP contribution in [-0.2, 0) is 0 Å². The lowest BCUT2D eigenvalue weighted by Gasteiger charge is -2.05. The van der Waals surface area contributed by atoms with E-state index in [-0.39, 0.29) is 11.9 Å². The molecule has 1 aliphatic rings. The summed E-state index contributed by atoms with van der Waals surface area (Å²) in [6, 6.07) is 5.06. The van der Waals surface area contributed by atoms with Gasteiger partial charge in [-0.1, -0.05) is 0 Å². The monoisotopic (exact) mass is 302 g/mol. The Hall–Kier alpha value is -1.79. The molecule has 1 saturated carbocycles. The van der Waals surface area contributed by atoms with Crippen molar-refractivity contribution < 1.29 is 4.39 Å². The summed E-state index contributed by atoms with van der Waals surface area (Å²) in [5, 5.41) is 2.88. The standard InChI is InChI=1S/C15H15FN4S/c1-8(17)15-19-12(7-21-15)14-18-11-5-2-9(16)6-13(11)20(14)10-3-4-10/h2,5-8,10H,3-4,17H2,1H3. The largest absolute Gasteiger partial charge is 0.322 e. The van der Waals surface area contributed by atoms with Crippen molar-refractivity contribution in [1.82, 2.24) is 14.5 Å². The summed E-state index contributed by atoms with van der Waals surface area (Å²) < 4.78 is 15.7. The topological polar surface area (TPSA) is 56.7 Å². The maximum atomic E-state index is 13.6. The van der Waals surface area contributed by atoms with Gasteiger partial charge in [-0.2, -0.15) is 0 Å². The summed E-state index contributed by atoms with van der Waals surface area (Å²) >= 11 is 1.54. The molecule has 1 fully saturated rings. The molecule has 2 aromatic heterocycles. The van der Waals surface area contributed by atoms with E-state index in [0.717, 1.165) is 40.4 Å². The lowest BCUT2D eigenvalue weighted by atomic mass is 10.3. The fourth-order valence-electron chi connectivity index (χ4n) is 2.55. The molecule has 3 aromatic rings. The first-order valence-corrected chi connectivity index (χ1v) is 7.90. The molecule has 1 atom stereocenters. The van der Waals surface area contributed by atoms with Crippen LogP contribution in [0.25, 0.3) is 22.6 Å². The van der Waals surface area contributed by atoms with Gasteiger partial charge in [-0.05, 0) is 38.0 Å². The molecule has 2 heterocycles. The van der Waals surface area contributed by atoms with Gasteiger partial charge in [0, 0.05) is 11.4 Å². The van der Waals surface area contributed by atoms with Gasteiger partial charge in [0.05, 0.1) is 17.1 Å². The van der Waals surface area contributed by atoms with Crippen molar-refractivity contribution in [3.8, 4) is 11.5 Å². The summed E-state index contributed by atoms with van der Waals surface area (Å²) in [5.74, 6) is 0.589. The molecule has 2 N–H and O–H groups in total. The molecule has 0 amide bonds. The SMILES string of the molecule is CC(N)c1nc(-c2nc3ccc(F)cc3n2C2CC2)cs1. The van der Waals surface area contributed by atoms with E-state index in [1.807, 2.05) is 12.3 Å². The Morgan fingerprint density at radius 3 is 2.86 bits per heavy atom. The van der Waals surface area contributed by atoms with E-state index in [2.05, 4.69) is 14.5 Å². The van der Waals surface area contributed by atoms with E-state index < -0.39 is 0 Å². The van der Waals surface area contributed by atoms with Crippen LogP contribution in [0.2, 0.25) is 0 Å². The van der Waals surface area contributed by atoms with Gasteiger partial charge < -0.3 is 10.3 Å². The molecule has 108 valence electrons. The summed E-state index contributed by atoms with van der Waals surface area (Å²) in [5.41, 5.74) is 8.37. The molecule has 6 heteroatoms. The first-order valence-electron chi connectivity index (χ1n) is 7.02. The number of nitrogens with two attached hydrogens (primary N) is 1. The highest BCUT2D eigenvalue weighted by Crippen LogP contribution is 2.41. The van der Waals surface area contributed by atoms with E-state index in [4.69, 9.17) is 5.73 Å². The third kappa shape index (κ3) is 2.15. The van der Waals surface area contributed by atoms with Gasteiger partial charge >= 0.3 is 0 Å². The number of fused-ring (bicyclic) bond motifs is 1. The molecule has 0 aliphatic heterocycles. The number of thiazole rings is 1. The number of hydrogen-bond donors (Lipinski definition) is 1. The van der Waals surface area contributed by atoms with Crippen LogP contribution in [0.5, 0.6) is 0 Å². The zero-order valence-corrected chi connectivity index (χ0v) is 12.4. The second kappa shape index (κ2) is 4.61. The van der Waals surface area contributed by atoms with Crippen LogP contribution in [0, 0.1) is 5.82 Å². The first kappa shape index (κ1) is 12.9. The first-order chi connectivity index (χ1) is 10.1. The third-order valence-corrected chi connectivity index (χ3v) is 4.75. The maximum Gasteiger partial charge on any atom is 0.160 e. The van der Waals surface area contributed by atoms with E-state index >= 15 is 0 Å². The van der Waals surface area contributed by atoms with Gasteiger partial charge in [0.15, 0.2) is 5.82 Å². The second-order valence-corrected chi connectivity index (χ2v) is 6.42. The van der Waals surface area contributed by atoms with Crippen LogP contribution in [0.15, 0.2) is 23.6 Å². The smallest absolute Gasteiger partial charge is 0.160 e. The molecular formula is C15H15FN4S. The summed E-state index contributed by atoms with van der Waals surface area (Å²) in [6.07, 6.45) is 2.22. The van der Waals surface area contributed by atoms with E-state index in [9.17, 15) is 4.39 Å². The molecule has 0 bridgehead atoms. The fourth-order valence-corrected chi connectivity index (χ4v) is 3.30. The molecule has 4 nitrogen and oxygen atoms in total. The Balaban J connectivity index is 1.92. The minimum atomic E-state index is -0.231. The Morgan fingerprint density at radius 2 is 2.19 bits per heavy atom. The summed E-state index contributed by atoms with van der Waals surface area (Å²) in [7, 11) is 0. The average molecular weight is 302 g/mol. The van der Waals surface area contributed by atoms with E-state index in [1.165, 1.54) is 6.07 Å². The molecule has 1 unspecified atom stereocenters. The highest BCUT2D eigenvalue weighted by Gasteiger charge is 2.29. The van der Waals surface area contributed by atoms with Crippen LogP contribution in [0.3, 0.4) is 0 Å². The Morgan fingerprint density at radius 1 is 1.38 bits per heavy atom. The van der Waals surface area contributed by atoms with Crippen LogP contribution in [-0.4, -0.2) is 14.5 Å². The minimum absolute atomic E-state index is 0.0834. The zero-order chi connectivity index (χ0) is 14.6. The number of imidazole rings is 1. The van der Waals surface area contributed by atoms with Crippen LogP contribution < -0.4 is 5.73 Å². The zero-order valence-electron chi connectivity index (χ0n) is 11.6. The Kier molecular flexibility index (Phi) is 2.83. The molecule has 4 rings (SSSR count). The Bertz CT molecular complexity index is 816. The second-order valence-electron chi connectivity index (χ2n) is 5.53. The number of hydrogen-bond acceptors (Lipinski definition) is 4. The highest BCUT2D eigenvalue weighted by atomic mass is 32.1. The number of rotatable bonds is 3. The molecular weight excluding hydrogens is 287 g/mol. The van der Waals surface area contributed by atoms with E-state index in [1.54, 1.807) is 23.5 Å². The predicted molar refractivity (Wildman–Crippen MR) is 81.7 cm³/mol. The molecule has 21 heavy (non-hydrogen) atoms. The molecule has 1 aromatic carbocycles. The molecule has 0 saturated heterocycles. The lowest BCUT2D eigenvalue weighted by Crippen LogP contribution is -2.04. The van der Waals surface area contributed by atoms with Crippen LogP contribution >= 0.6 is 11.3 Å². The van der Waals surface area contributed by atoms with Crippen molar-refractivity contribution in [1.29, 1.82) is 0 Å². The average Bonchev–Trinajstić information content (AvgIpc) is 3.03. The van der Waals surface area contributed by atoms with Gasteiger partial charge in [-0.25, -0.2) is 14.4 Å². The van der Waals surface area contributed by atoms with Crippen molar-refractivity contribution in [3.05, 3.63) is 34.4 Å². The number of halogens is 1. The van der Waals surface area contributed by atoms with Crippen molar-refractivity contribution in [3.63, 3.8) is 0 Å². The summed E-state index contributed by atoms with van der Waals surface area (Å²) in [4.78, 5) is 9.24. The maximum absolute atomic E-state index is 13.6. The van der Waals surface area contributed by atoms with Gasteiger partial charge in [-0.15, -0.1) is 11.3 Å². The predicted octanol–water partition coefficient (Wildman–Crippen LogP) is 3.65. The van der Waals surface area contributed by atoms with Crippen molar-refractivity contribution in [2.75, 3.05) is 0 Å². The quantitative estimate of drug-likeness (QED) is 0.803. The molecule has 0 spiro atoms. The van der Waals surface area contributed by atoms with Gasteiger partial charge in [0.2, 0.25) is 0 Å². The van der Waals surface area contributed by atoms with Crippen molar-refractivity contribution in [2.24, 2.45) is 5.73 Å². The van der Waals surface area contributed by atoms with Crippen LogP contribution in [0.4, 0.5) is 4.39 Å². The van der Waals surface area contributed by atoms with Gasteiger partial charge in [0.25, 0.3) is 0 Å². The summed E-state index contributed by atoms with van der Waals surface area (Å²) in [6.45, 7) is 1.92. The van der Waals surface area contributed by atoms with Crippen molar-refractivity contribution in [2.45, 2.75) is 31.8 Å². The van der Waals surface area contributed by atoms with E-state index in [0.29, 0.717) is 6.04 Å². The van der Waals surface area contributed by atoms with Gasteiger partial charge in [-0.3, -0.25) is 0 Å². The molecule has 1 aliphatic carbocycles. The fraction of sp³-hybridized carbons (Fsp3) is 0.333. The molecule has 0 radical (unpaired) electrons. The number of benzene rings is 1. The lowest BCUT2D eigenvalue weighted by molar-refractivity contribution is 0.628. The van der Waals surface area contributed by atoms with Crippen LogP contribution in [0.1, 0.15) is 36.9 Å². The third-order valence-electron chi connectivity index (χ3n) is 3.70. The highest BCUT2D eigenvalue weighted by molar-refractivity contribution is 7.10. The minimum Gasteiger partial charge on any atom is -0.322 e. The number of aromatic nitrogens is 3. The number of nitrogens with zero attached hydrogens (tertiary/aromatic N) is 3. The van der Waals surface area contributed by atoms with Crippen molar-refractivity contribution >= 4 is 22.4 Å². The Labute approximate surface area is 125 Å². The van der Waals surface area contributed by atoms with Gasteiger partial charge in [0.1, 0.15) is 16.5 Å².